The van der Waals surface area contributed by atoms with E-state index in [1.54, 1.807) is 7.11 Å². The van der Waals surface area contributed by atoms with Gasteiger partial charge in [0.1, 0.15) is 6.04 Å². The smallest absolute Gasteiger partial charge is 0.325 e. The maximum atomic E-state index is 11.5. The predicted octanol–water partition coefficient (Wildman–Crippen LogP) is 2.49. The maximum absolute atomic E-state index is 11.5. The Balaban J connectivity index is 2.35. The standard InChI is InChI=1S/C16H23NO4/c1-4-5-8-21-14-9-11-6-7-17(2)15(16(18)19)12(11)10-13(14)20-3/h9-10,15H,4-8H2,1-3H3,(H,18,19). The first kappa shape index (κ1) is 15.6. The normalized spacial score (nSPS) is 18.1. The van der Waals surface area contributed by atoms with Crippen molar-refractivity contribution >= 4 is 5.97 Å². The predicted molar refractivity (Wildman–Crippen MR) is 80.1 cm³/mol. The second-order valence-electron chi connectivity index (χ2n) is 5.38. The molecular formula is C16H23NO4. The summed E-state index contributed by atoms with van der Waals surface area (Å²) in [5.74, 6) is 0.477. The van der Waals surface area contributed by atoms with Gasteiger partial charge in [0, 0.05) is 6.54 Å². The number of nitrogens with zero attached hydrogens (tertiary/aromatic N) is 1. The maximum Gasteiger partial charge on any atom is 0.325 e. The fraction of sp³-hybridized carbons (Fsp3) is 0.562. The van der Waals surface area contributed by atoms with Crippen LogP contribution in [0.1, 0.15) is 36.9 Å². The van der Waals surface area contributed by atoms with Crippen LogP contribution >= 0.6 is 0 Å². The third-order valence-corrected chi connectivity index (χ3v) is 3.88. The molecule has 1 atom stereocenters. The van der Waals surface area contributed by atoms with Crippen LogP contribution in [0, 0.1) is 0 Å². The van der Waals surface area contributed by atoms with E-state index in [1.165, 1.54) is 0 Å². The molecule has 0 spiro atoms. The lowest BCUT2D eigenvalue weighted by Crippen LogP contribution is -2.36. The Bertz CT molecular complexity index is 515. The number of benzene rings is 1. The average Bonchev–Trinajstić information content (AvgIpc) is 2.46. The number of carboxylic acids is 1. The minimum atomic E-state index is -0.833. The van der Waals surface area contributed by atoms with Crippen molar-refractivity contribution in [2.24, 2.45) is 0 Å². The number of methoxy groups -OCH3 is 1. The van der Waals surface area contributed by atoms with Crippen LogP contribution in [-0.4, -0.2) is 43.3 Å². The number of aliphatic carboxylic acids is 1. The van der Waals surface area contributed by atoms with Crippen molar-refractivity contribution in [3.63, 3.8) is 0 Å². The molecule has 5 heteroatoms. The molecular weight excluding hydrogens is 270 g/mol. The Morgan fingerprint density at radius 3 is 2.81 bits per heavy atom. The van der Waals surface area contributed by atoms with Gasteiger partial charge >= 0.3 is 5.97 Å². The molecule has 21 heavy (non-hydrogen) atoms. The van der Waals surface area contributed by atoms with Crippen molar-refractivity contribution in [2.45, 2.75) is 32.2 Å². The van der Waals surface area contributed by atoms with E-state index >= 15 is 0 Å². The Morgan fingerprint density at radius 2 is 2.19 bits per heavy atom. The van der Waals surface area contributed by atoms with E-state index in [0.717, 1.165) is 36.9 Å². The second kappa shape index (κ2) is 6.80. The van der Waals surface area contributed by atoms with Gasteiger partial charge in [0.15, 0.2) is 11.5 Å². The molecule has 0 saturated carbocycles. The monoisotopic (exact) mass is 293 g/mol. The summed E-state index contributed by atoms with van der Waals surface area (Å²) >= 11 is 0. The molecule has 0 aliphatic carbocycles. The lowest BCUT2D eigenvalue weighted by molar-refractivity contribution is -0.143. The summed E-state index contributed by atoms with van der Waals surface area (Å²) < 4.78 is 11.1. The second-order valence-corrected chi connectivity index (χ2v) is 5.38. The molecule has 0 radical (unpaired) electrons. The topological polar surface area (TPSA) is 59.0 Å². The Hall–Kier alpha value is -1.75. The summed E-state index contributed by atoms with van der Waals surface area (Å²) in [7, 11) is 3.41. The molecule has 0 saturated heterocycles. The van der Waals surface area contributed by atoms with Gasteiger partial charge < -0.3 is 14.6 Å². The summed E-state index contributed by atoms with van der Waals surface area (Å²) in [5.41, 5.74) is 1.84. The Labute approximate surface area is 125 Å². The van der Waals surface area contributed by atoms with Crippen molar-refractivity contribution < 1.29 is 19.4 Å². The zero-order valence-electron chi connectivity index (χ0n) is 12.9. The van der Waals surface area contributed by atoms with E-state index in [1.807, 2.05) is 24.1 Å². The van der Waals surface area contributed by atoms with Crippen LogP contribution in [-0.2, 0) is 11.2 Å². The highest BCUT2D eigenvalue weighted by atomic mass is 16.5. The largest absolute Gasteiger partial charge is 0.493 e. The Morgan fingerprint density at radius 1 is 1.43 bits per heavy atom. The zero-order valence-corrected chi connectivity index (χ0v) is 12.9. The molecule has 116 valence electrons. The first-order chi connectivity index (χ1) is 10.1. The van der Waals surface area contributed by atoms with Gasteiger partial charge in [-0.3, -0.25) is 9.69 Å². The van der Waals surface area contributed by atoms with Crippen LogP contribution in [0.4, 0.5) is 0 Å². The van der Waals surface area contributed by atoms with Crippen LogP contribution in [0.15, 0.2) is 12.1 Å². The van der Waals surface area contributed by atoms with Gasteiger partial charge in [-0.15, -0.1) is 0 Å². The summed E-state index contributed by atoms with van der Waals surface area (Å²) in [6, 6.07) is 3.13. The van der Waals surface area contributed by atoms with Crippen LogP contribution < -0.4 is 9.47 Å². The van der Waals surface area contributed by atoms with Gasteiger partial charge in [0.25, 0.3) is 0 Å². The molecule has 2 rings (SSSR count). The molecule has 5 nitrogen and oxygen atoms in total. The summed E-state index contributed by atoms with van der Waals surface area (Å²) in [6.45, 7) is 3.49. The number of ether oxygens (including phenoxy) is 2. The van der Waals surface area contributed by atoms with Crippen molar-refractivity contribution in [2.75, 3.05) is 27.3 Å². The number of carboxylic acid groups (broad SMARTS) is 1. The molecule has 1 aliphatic rings. The van der Waals surface area contributed by atoms with Crippen molar-refractivity contribution in [3.05, 3.63) is 23.3 Å². The highest BCUT2D eigenvalue weighted by Crippen LogP contribution is 2.37. The van der Waals surface area contributed by atoms with Gasteiger partial charge in [0.05, 0.1) is 13.7 Å². The highest BCUT2D eigenvalue weighted by molar-refractivity contribution is 5.77. The number of carbonyl (C=O) groups is 1. The summed E-state index contributed by atoms with van der Waals surface area (Å²) in [6.07, 6.45) is 2.88. The van der Waals surface area contributed by atoms with Gasteiger partial charge in [-0.25, -0.2) is 0 Å². The van der Waals surface area contributed by atoms with E-state index in [9.17, 15) is 9.90 Å². The number of likely N-dealkylation sites (N-methyl/N-ethyl adjacent to an activating group) is 1. The minimum absolute atomic E-state index is 0.603. The first-order valence-corrected chi connectivity index (χ1v) is 7.35. The molecule has 1 heterocycles. The van der Waals surface area contributed by atoms with Gasteiger partial charge in [-0.05, 0) is 43.1 Å². The molecule has 0 amide bonds. The quantitative estimate of drug-likeness (QED) is 0.817. The van der Waals surface area contributed by atoms with Crippen molar-refractivity contribution in [3.8, 4) is 11.5 Å². The number of hydrogen-bond acceptors (Lipinski definition) is 4. The Kier molecular flexibility index (Phi) is 5.07. The van der Waals surface area contributed by atoms with E-state index in [0.29, 0.717) is 18.1 Å². The van der Waals surface area contributed by atoms with Gasteiger partial charge in [-0.2, -0.15) is 0 Å². The van der Waals surface area contributed by atoms with Crippen LogP contribution in [0.5, 0.6) is 11.5 Å². The van der Waals surface area contributed by atoms with Crippen LogP contribution in [0.3, 0.4) is 0 Å². The fourth-order valence-corrected chi connectivity index (χ4v) is 2.67. The van der Waals surface area contributed by atoms with Crippen LogP contribution in [0.25, 0.3) is 0 Å². The number of fused-ring (bicyclic) bond motifs is 1. The van der Waals surface area contributed by atoms with E-state index in [2.05, 4.69) is 6.92 Å². The van der Waals surface area contributed by atoms with Gasteiger partial charge in [-0.1, -0.05) is 13.3 Å². The molecule has 1 aromatic carbocycles. The number of unbranched alkanes of at least 4 members (excludes halogenated alkanes) is 1. The average molecular weight is 293 g/mol. The molecule has 0 fully saturated rings. The minimum Gasteiger partial charge on any atom is -0.493 e. The van der Waals surface area contributed by atoms with Gasteiger partial charge in [0.2, 0.25) is 0 Å². The summed E-state index contributed by atoms with van der Waals surface area (Å²) in [4.78, 5) is 13.4. The lowest BCUT2D eigenvalue weighted by Gasteiger charge is -2.32. The number of hydrogen-bond donors (Lipinski definition) is 1. The van der Waals surface area contributed by atoms with Crippen molar-refractivity contribution in [1.29, 1.82) is 0 Å². The zero-order chi connectivity index (χ0) is 15.4. The molecule has 1 unspecified atom stereocenters. The van der Waals surface area contributed by atoms with E-state index in [-0.39, 0.29) is 0 Å². The van der Waals surface area contributed by atoms with Crippen LogP contribution in [0.2, 0.25) is 0 Å². The third kappa shape index (κ3) is 3.29. The fourth-order valence-electron chi connectivity index (χ4n) is 2.67. The number of rotatable bonds is 6. The first-order valence-electron chi connectivity index (χ1n) is 7.35. The molecule has 1 N–H and O–H groups in total. The van der Waals surface area contributed by atoms with Crippen molar-refractivity contribution in [1.82, 2.24) is 4.90 Å². The SMILES string of the molecule is CCCCOc1cc2c(cc1OC)C(C(=O)O)N(C)CC2. The summed E-state index contributed by atoms with van der Waals surface area (Å²) in [5, 5.41) is 9.45. The molecule has 0 bridgehead atoms. The highest BCUT2D eigenvalue weighted by Gasteiger charge is 2.31. The molecule has 1 aliphatic heterocycles. The molecule has 0 aromatic heterocycles. The molecule has 1 aromatic rings. The van der Waals surface area contributed by atoms with E-state index < -0.39 is 12.0 Å². The third-order valence-electron chi connectivity index (χ3n) is 3.88. The lowest BCUT2D eigenvalue weighted by atomic mass is 9.92. The van der Waals surface area contributed by atoms with E-state index in [4.69, 9.17) is 9.47 Å².